The molecule has 1 aromatic rings. The van der Waals surface area contributed by atoms with Gasteiger partial charge < -0.3 is 10.2 Å². The number of ketones is 1. The molecule has 0 heterocycles. The van der Waals surface area contributed by atoms with E-state index in [9.17, 15) is 36.6 Å². The van der Waals surface area contributed by atoms with Crippen molar-refractivity contribution < 1.29 is 36.6 Å². The number of carbonyl (C=O) groups is 1. The highest BCUT2D eigenvalue weighted by Crippen LogP contribution is 2.78. The van der Waals surface area contributed by atoms with E-state index >= 15 is 0 Å². The summed E-state index contributed by atoms with van der Waals surface area (Å²) < 4.78 is 70.2. The van der Waals surface area contributed by atoms with Crippen molar-refractivity contribution in [1.29, 1.82) is 0 Å². The zero-order valence-electron chi connectivity index (χ0n) is 30.6. The molecule has 0 aliphatic heterocycles. The SMILES string of the molecule is CC1(C)[C@H]2CC[C@@H](CN(C[C@]3(O)CC[C@H]4[C@]56C=C[C@@]7(C=C5C(=O)c5cccc(C(F)(F)F)c5)CC(O)CC[C@]7(C)[C@H]6CC[C@@]43C)S(C)(=O)=O)[C@@H]1C2. The zero-order chi connectivity index (χ0) is 36.8. The number of carbonyl (C=O) groups excluding carboxylic acids is 1. The van der Waals surface area contributed by atoms with Gasteiger partial charge in [-0.3, -0.25) is 4.79 Å². The van der Waals surface area contributed by atoms with Gasteiger partial charge in [-0.25, -0.2) is 8.42 Å². The van der Waals surface area contributed by atoms with Crippen LogP contribution in [-0.2, 0) is 16.2 Å². The zero-order valence-corrected chi connectivity index (χ0v) is 31.4. The molecule has 0 aromatic heterocycles. The molecule has 0 amide bonds. The fourth-order valence-electron chi connectivity index (χ4n) is 13.6. The molecule has 2 spiro atoms. The standard InChI is InChI=1S/C41H54F3NO5S/c1-35(2)27-10-9-26(30(35)20-27)23-45(51(5,49)50)24-39(48)16-13-33-37(39,4)15-12-32-36(3)14-11-29(46)21-38(36)17-18-40(32,33)31(22-38)34(47)25-7-6-8-28(19-25)41(42,43)44/h6-8,17-19,22,26-27,29-30,32-33,46,48H,9-16,20-21,23-24H2,1-5H3/t26-,27-,29?,30-,32+,33+,36+,37-,38-,39+,40+/m0/s1. The van der Waals surface area contributed by atoms with Crippen LogP contribution in [0.15, 0.2) is 48.1 Å². The minimum absolute atomic E-state index is 0.00953. The van der Waals surface area contributed by atoms with Crippen molar-refractivity contribution >= 4 is 15.8 Å². The average Bonchev–Trinajstić information content (AvgIpc) is 3.33. The number of hydrogen-bond donors (Lipinski definition) is 2. The van der Waals surface area contributed by atoms with E-state index in [2.05, 4.69) is 39.8 Å². The first-order chi connectivity index (χ1) is 23.6. The highest BCUT2D eigenvalue weighted by molar-refractivity contribution is 7.88. The summed E-state index contributed by atoms with van der Waals surface area (Å²) in [7, 11) is -3.66. The molecule has 6 nitrogen and oxygen atoms in total. The maximum Gasteiger partial charge on any atom is 0.416 e. The van der Waals surface area contributed by atoms with Crippen LogP contribution in [0.25, 0.3) is 0 Å². The van der Waals surface area contributed by atoms with Crippen LogP contribution < -0.4 is 0 Å². The van der Waals surface area contributed by atoms with E-state index in [1.54, 1.807) is 4.31 Å². The van der Waals surface area contributed by atoms with Gasteiger partial charge in [-0.1, -0.05) is 58.1 Å². The minimum Gasteiger partial charge on any atom is -0.393 e. The highest BCUT2D eigenvalue weighted by Gasteiger charge is 2.74. The molecule has 2 N–H and O–H groups in total. The molecule has 1 aromatic carbocycles. The van der Waals surface area contributed by atoms with E-state index < -0.39 is 55.5 Å². The van der Waals surface area contributed by atoms with E-state index in [-0.39, 0.29) is 40.7 Å². The molecule has 10 heteroatoms. The molecule has 10 rings (SSSR count). The number of fused-ring (bicyclic) bond motifs is 3. The molecule has 11 atom stereocenters. The number of Topliss-reactive ketones (excluding diaryl/α,β-unsaturated/α-hetero) is 1. The van der Waals surface area contributed by atoms with Crippen LogP contribution in [0.2, 0.25) is 0 Å². The number of alkyl halides is 3. The van der Waals surface area contributed by atoms with Crippen molar-refractivity contribution in [2.24, 2.45) is 56.7 Å². The van der Waals surface area contributed by atoms with Gasteiger partial charge in [0.05, 0.1) is 23.5 Å². The number of benzene rings is 1. The Balaban J connectivity index is 1.19. The van der Waals surface area contributed by atoms with Gasteiger partial charge in [-0.2, -0.15) is 17.5 Å². The molecule has 1 unspecified atom stereocenters. The molecule has 6 saturated carbocycles. The third-order valence-corrected chi connectivity index (χ3v) is 18.0. The summed E-state index contributed by atoms with van der Waals surface area (Å²) in [5.74, 6) is 0.668. The quantitative estimate of drug-likeness (QED) is 0.221. The number of halogens is 3. The third-order valence-electron chi connectivity index (χ3n) is 16.8. The summed E-state index contributed by atoms with van der Waals surface area (Å²) in [6.07, 6.45) is 9.68. The van der Waals surface area contributed by atoms with Gasteiger partial charge >= 0.3 is 6.18 Å². The van der Waals surface area contributed by atoms with Crippen molar-refractivity contribution in [3.05, 3.63) is 59.2 Å². The Hall–Kier alpha value is -2.01. The second-order valence-corrected chi connectivity index (χ2v) is 21.0. The molecule has 9 aliphatic rings. The van der Waals surface area contributed by atoms with Crippen LogP contribution >= 0.6 is 0 Å². The number of aliphatic hydroxyl groups is 2. The topological polar surface area (TPSA) is 94.9 Å². The summed E-state index contributed by atoms with van der Waals surface area (Å²) in [5.41, 5.74) is -4.12. The van der Waals surface area contributed by atoms with E-state index in [4.69, 9.17) is 0 Å². The van der Waals surface area contributed by atoms with Gasteiger partial charge in [0.2, 0.25) is 10.0 Å². The van der Waals surface area contributed by atoms with Crippen molar-refractivity contribution in [2.75, 3.05) is 19.3 Å². The second kappa shape index (κ2) is 11.0. The molecule has 6 fully saturated rings. The van der Waals surface area contributed by atoms with Crippen molar-refractivity contribution in [1.82, 2.24) is 4.31 Å². The van der Waals surface area contributed by atoms with Gasteiger partial charge in [-0.15, -0.1) is 0 Å². The largest absolute Gasteiger partial charge is 0.416 e. The first-order valence-electron chi connectivity index (χ1n) is 19.1. The van der Waals surface area contributed by atoms with Gasteiger partial charge in [-0.05, 0) is 117 Å². The fourth-order valence-corrected chi connectivity index (χ4v) is 14.6. The molecule has 4 bridgehead atoms. The van der Waals surface area contributed by atoms with Gasteiger partial charge in [0.15, 0.2) is 5.78 Å². The van der Waals surface area contributed by atoms with Gasteiger partial charge in [0.1, 0.15) is 0 Å². The van der Waals surface area contributed by atoms with Crippen LogP contribution in [0, 0.1) is 56.7 Å². The Labute approximate surface area is 301 Å². The highest BCUT2D eigenvalue weighted by atomic mass is 32.2. The summed E-state index contributed by atoms with van der Waals surface area (Å²) in [6, 6.07) is 4.66. The van der Waals surface area contributed by atoms with Crippen molar-refractivity contribution in [3.8, 4) is 0 Å². The van der Waals surface area contributed by atoms with E-state index in [0.29, 0.717) is 62.5 Å². The van der Waals surface area contributed by atoms with E-state index in [1.165, 1.54) is 18.4 Å². The van der Waals surface area contributed by atoms with Crippen molar-refractivity contribution in [3.63, 3.8) is 0 Å². The number of rotatable bonds is 7. The lowest BCUT2D eigenvalue weighted by Crippen LogP contribution is -2.67. The normalized spacial score (nSPS) is 45.0. The maximum absolute atomic E-state index is 14.8. The maximum atomic E-state index is 14.8. The predicted molar refractivity (Wildman–Crippen MR) is 189 cm³/mol. The molecular weight excluding hydrogens is 676 g/mol. The Bertz CT molecular complexity index is 1820. The monoisotopic (exact) mass is 729 g/mol. The lowest BCUT2D eigenvalue weighted by atomic mass is 9.32. The molecule has 0 radical (unpaired) electrons. The lowest BCUT2D eigenvalue weighted by molar-refractivity contribution is -0.174. The summed E-state index contributed by atoms with van der Waals surface area (Å²) in [5, 5.41) is 23.9. The average molecular weight is 730 g/mol. The molecule has 51 heavy (non-hydrogen) atoms. The van der Waals surface area contributed by atoms with E-state index in [0.717, 1.165) is 37.8 Å². The molecule has 0 saturated heterocycles. The molecule has 280 valence electrons. The second-order valence-electron chi connectivity index (χ2n) is 19.0. The Morgan fingerprint density at radius 2 is 1.65 bits per heavy atom. The number of allylic oxidation sites excluding steroid dienone is 4. The first kappa shape index (κ1) is 36.0. The van der Waals surface area contributed by atoms with Crippen LogP contribution in [0.3, 0.4) is 0 Å². The third kappa shape index (κ3) is 4.83. The predicted octanol–water partition coefficient (Wildman–Crippen LogP) is 7.81. The molecule has 9 aliphatic carbocycles. The van der Waals surface area contributed by atoms with Crippen LogP contribution in [0.1, 0.15) is 108 Å². The summed E-state index contributed by atoms with van der Waals surface area (Å²) in [6.45, 7) is 9.30. The van der Waals surface area contributed by atoms with Crippen molar-refractivity contribution in [2.45, 2.75) is 110 Å². The van der Waals surface area contributed by atoms with Crippen LogP contribution in [0.5, 0.6) is 0 Å². The number of aliphatic hydroxyl groups excluding tert-OH is 1. The first-order valence-corrected chi connectivity index (χ1v) is 21.0. The number of nitrogens with zero attached hydrogens (tertiary/aromatic N) is 1. The summed E-state index contributed by atoms with van der Waals surface area (Å²) in [4.78, 5) is 14.8. The van der Waals surface area contributed by atoms with Crippen LogP contribution in [-0.4, -0.2) is 59.8 Å². The Morgan fingerprint density at radius 1 is 0.961 bits per heavy atom. The van der Waals surface area contributed by atoms with Gasteiger partial charge in [0.25, 0.3) is 0 Å². The number of hydrogen-bond acceptors (Lipinski definition) is 5. The Kier molecular flexibility index (Phi) is 7.79. The number of sulfonamides is 1. The lowest BCUT2D eigenvalue weighted by Gasteiger charge is -2.71. The van der Waals surface area contributed by atoms with E-state index in [1.807, 2.05) is 6.08 Å². The minimum atomic E-state index is -4.60. The summed E-state index contributed by atoms with van der Waals surface area (Å²) >= 11 is 0. The Morgan fingerprint density at radius 3 is 2.31 bits per heavy atom. The molecular formula is C41H54F3NO5S. The van der Waals surface area contributed by atoms with Crippen LogP contribution in [0.4, 0.5) is 13.2 Å². The fraction of sp³-hybridized carbons (Fsp3) is 0.732. The smallest absolute Gasteiger partial charge is 0.393 e. The van der Waals surface area contributed by atoms with Gasteiger partial charge in [0, 0.05) is 40.5 Å².